The third kappa shape index (κ3) is 4.04. The standard InChI is InChI=1S/C24H35N5O2/c1-16(2)28-12-9-20-19(15-28)24(31)29-22(25-20)14-21(26-29)18-7-10-27(11-8-18)23(30)13-17-5-3-4-6-17/h14,16-18,26H,3-13,15H2,1-2H3. The van der Waals surface area contributed by atoms with Crippen molar-refractivity contribution in [3.63, 3.8) is 0 Å². The highest BCUT2D eigenvalue weighted by atomic mass is 16.2. The van der Waals surface area contributed by atoms with E-state index in [1.807, 2.05) is 0 Å². The van der Waals surface area contributed by atoms with Gasteiger partial charge in [0.25, 0.3) is 5.56 Å². The Hall–Kier alpha value is -2.15. The summed E-state index contributed by atoms with van der Waals surface area (Å²) in [5.74, 6) is 1.29. The number of hydrogen-bond acceptors (Lipinski definition) is 4. The summed E-state index contributed by atoms with van der Waals surface area (Å²) in [5, 5.41) is 3.35. The van der Waals surface area contributed by atoms with Gasteiger partial charge in [0.15, 0.2) is 5.65 Å². The minimum absolute atomic E-state index is 0.0424. The zero-order valence-electron chi connectivity index (χ0n) is 18.9. The number of fused-ring (bicyclic) bond motifs is 2. The second-order valence-electron chi connectivity index (χ2n) is 10.1. The van der Waals surface area contributed by atoms with Gasteiger partial charge in [-0.15, -0.1) is 0 Å². The molecule has 0 bridgehead atoms. The molecule has 5 rings (SSSR count). The third-order valence-corrected chi connectivity index (χ3v) is 7.77. The lowest BCUT2D eigenvalue weighted by atomic mass is 9.93. The Morgan fingerprint density at radius 3 is 2.61 bits per heavy atom. The average molecular weight is 426 g/mol. The van der Waals surface area contributed by atoms with E-state index in [2.05, 4.69) is 34.8 Å². The van der Waals surface area contributed by atoms with Crippen LogP contribution in [0.4, 0.5) is 0 Å². The Bertz CT molecular complexity index is 1010. The summed E-state index contributed by atoms with van der Waals surface area (Å²) >= 11 is 0. The highest BCUT2D eigenvalue weighted by molar-refractivity contribution is 5.76. The van der Waals surface area contributed by atoms with Crippen molar-refractivity contribution < 1.29 is 4.79 Å². The fourth-order valence-electron chi connectivity index (χ4n) is 5.70. The maximum absolute atomic E-state index is 13.2. The van der Waals surface area contributed by atoms with E-state index in [0.717, 1.165) is 67.9 Å². The number of nitrogens with one attached hydrogen (secondary N) is 1. The summed E-state index contributed by atoms with van der Waals surface area (Å²) in [5.41, 5.74) is 3.64. The number of H-pyrrole nitrogens is 1. The van der Waals surface area contributed by atoms with Crippen molar-refractivity contribution in [1.29, 1.82) is 0 Å². The maximum Gasteiger partial charge on any atom is 0.277 e. The molecule has 2 aromatic rings. The van der Waals surface area contributed by atoms with Gasteiger partial charge in [-0.05, 0) is 45.4 Å². The average Bonchev–Trinajstić information content (AvgIpc) is 3.44. The van der Waals surface area contributed by atoms with Gasteiger partial charge < -0.3 is 4.90 Å². The van der Waals surface area contributed by atoms with Crippen LogP contribution < -0.4 is 5.56 Å². The van der Waals surface area contributed by atoms with Gasteiger partial charge in [0, 0.05) is 62.7 Å². The molecule has 168 valence electrons. The smallest absolute Gasteiger partial charge is 0.277 e. The summed E-state index contributed by atoms with van der Waals surface area (Å²) in [6, 6.07) is 2.48. The molecule has 1 aliphatic carbocycles. The number of aromatic nitrogens is 3. The van der Waals surface area contributed by atoms with E-state index < -0.39 is 0 Å². The van der Waals surface area contributed by atoms with Crippen molar-refractivity contribution in [2.24, 2.45) is 5.92 Å². The fraction of sp³-hybridized carbons (Fsp3) is 0.708. The van der Waals surface area contributed by atoms with E-state index in [1.165, 1.54) is 25.7 Å². The van der Waals surface area contributed by atoms with Crippen LogP contribution in [0.5, 0.6) is 0 Å². The second-order valence-corrected chi connectivity index (χ2v) is 10.1. The van der Waals surface area contributed by atoms with Gasteiger partial charge in [0.05, 0.1) is 11.3 Å². The zero-order valence-corrected chi connectivity index (χ0v) is 18.9. The van der Waals surface area contributed by atoms with E-state index in [9.17, 15) is 9.59 Å². The molecule has 1 N–H and O–H groups in total. The summed E-state index contributed by atoms with van der Waals surface area (Å²) in [4.78, 5) is 35.0. The molecule has 4 heterocycles. The molecule has 0 atom stereocenters. The molecule has 1 amide bonds. The highest BCUT2D eigenvalue weighted by Gasteiger charge is 2.29. The largest absolute Gasteiger partial charge is 0.343 e. The Morgan fingerprint density at radius 2 is 1.90 bits per heavy atom. The highest BCUT2D eigenvalue weighted by Crippen LogP contribution is 2.31. The number of piperidine rings is 1. The number of hydrogen-bond donors (Lipinski definition) is 1. The molecular weight excluding hydrogens is 390 g/mol. The van der Waals surface area contributed by atoms with Crippen LogP contribution in [0.2, 0.25) is 0 Å². The molecule has 1 saturated heterocycles. The summed E-state index contributed by atoms with van der Waals surface area (Å²) in [6.07, 6.45) is 8.46. The van der Waals surface area contributed by atoms with Crippen molar-refractivity contribution in [1.82, 2.24) is 24.4 Å². The van der Waals surface area contributed by atoms with Gasteiger partial charge in [-0.2, -0.15) is 0 Å². The SMILES string of the molecule is CC(C)N1CCc2nc3cc(C4CCN(C(=O)CC5CCCC5)CC4)[nH]n3c(=O)c2C1. The van der Waals surface area contributed by atoms with Crippen LogP contribution in [-0.2, 0) is 17.8 Å². The van der Waals surface area contributed by atoms with Gasteiger partial charge in [-0.1, -0.05) is 12.8 Å². The molecular formula is C24H35N5O2. The number of aromatic amines is 1. The van der Waals surface area contributed by atoms with Gasteiger partial charge in [0.1, 0.15) is 0 Å². The van der Waals surface area contributed by atoms with Crippen LogP contribution in [-0.4, -0.2) is 56.0 Å². The van der Waals surface area contributed by atoms with E-state index >= 15 is 0 Å². The Morgan fingerprint density at radius 1 is 1.16 bits per heavy atom. The molecule has 7 nitrogen and oxygen atoms in total. The fourth-order valence-corrected chi connectivity index (χ4v) is 5.70. The summed E-state index contributed by atoms with van der Waals surface area (Å²) in [7, 11) is 0. The van der Waals surface area contributed by atoms with Crippen molar-refractivity contribution in [2.45, 2.75) is 83.7 Å². The molecule has 1 saturated carbocycles. The quantitative estimate of drug-likeness (QED) is 0.817. The van der Waals surface area contributed by atoms with Crippen LogP contribution >= 0.6 is 0 Å². The Kier molecular flexibility index (Phi) is 5.63. The number of rotatable bonds is 4. The monoisotopic (exact) mass is 425 g/mol. The molecule has 3 aliphatic rings. The van der Waals surface area contributed by atoms with E-state index in [4.69, 9.17) is 4.98 Å². The lowest BCUT2D eigenvalue weighted by Crippen LogP contribution is -2.40. The van der Waals surface area contributed by atoms with Crippen LogP contribution in [0.15, 0.2) is 10.9 Å². The molecule has 0 radical (unpaired) electrons. The molecule has 7 heteroatoms. The van der Waals surface area contributed by atoms with E-state index in [-0.39, 0.29) is 5.56 Å². The molecule has 31 heavy (non-hydrogen) atoms. The predicted octanol–water partition coefficient (Wildman–Crippen LogP) is 3.08. The lowest BCUT2D eigenvalue weighted by molar-refractivity contribution is -0.133. The van der Waals surface area contributed by atoms with Gasteiger partial charge in [0.2, 0.25) is 5.91 Å². The van der Waals surface area contributed by atoms with Crippen LogP contribution in [0.1, 0.15) is 81.7 Å². The van der Waals surface area contributed by atoms with Crippen LogP contribution in [0, 0.1) is 5.92 Å². The minimum atomic E-state index is 0.0424. The predicted molar refractivity (Wildman–Crippen MR) is 120 cm³/mol. The number of likely N-dealkylation sites (tertiary alicyclic amines) is 1. The summed E-state index contributed by atoms with van der Waals surface area (Å²) < 4.78 is 1.63. The van der Waals surface area contributed by atoms with E-state index in [0.29, 0.717) is 30.3 Å². The van der Waals surface area contributed by atoms with Crippen molar-refractivity contribution in [3.05, 3.63) is 33.4 Å². The maximum atomic E-state index is 13.2. The molecule has 2 fully saturated rings. The summed E-state index contributed by atoms with van der Waals surface area (Å²) in [6.45, 7) is 7.61. The minimum Gasteiger partial charge on any atom is -0.343 e. The van der Waals surface area contributed by atoms with Gasteiger partial charge in [-0.25, -0.2) is 9.50 Å². The van der Waals surface area contributed by atoms with Crippen molar-refractivity contribution >= 4 is 11.6 Å². The number of amides is 1. The number of carbonyl (C=O) groups is 1. The van der Waals surface area contributed by atoms with Crippen molar-refractivity contribution in [3.8, 4) is 0 Å². The second kappa shape index (κ2) is 8.41. The topological polar surface area (TPSA) is 73.7 Å². The molecule has 2 aromatic heterocycles. The van der Waals surface area contributed by atoms with E-state index in [1.54, 1.807) is 4.52 Å². The first-order valence-electron chi connectivity index (χ1n) is 12.1. The number of nitrogens with zero attached hydrogens (tertiary/aromatic N) is 4. The molecule has 2 aliphatic heterocycles. The molecule has 0 aromatic carbocycles. The van der Waals surface area contributed by atoms with Gasteiger partial charge in [-0.3, -0.25) is 19.6 Å². The molecule has 0 spiro atoms. The first-order chi connectivity index (χ1) is 15.0. The number of carbonyl (C=O) groups excluding carboxylic acids is 1. The first-order valence-corrected chi connectivity index (χ1v) is 12.1. The third-order valence-electron chi connectivity index (χ3n) is 7.77. The molecule has 0 unspecified atom stereocenters. The van der Waals surface area contributed by atoms with Crippen LogP contribution in [0.25, 0.3) is 5.65 Å². The first kappa shape index (κ1) is 20.7. The Labute approximate surface area is 183 Å². The lowest BCUT2D eigenvalue weighted by Gasteiger charge is -2.32. The van der Waals surface area contributed by atoms with Gasteiger partial charge >= 0.3 is 0 Å². The Balaban J connectivity index is 1.29. The zero-order chi connectivity index (χ0) is 21.5. The normalized spacial score (nSPS) is 21.3. The van der Waals surface area contributed by atoms with Crippen molar-refractivity contribution in [2.75, 3.05) is 19.6 Å². The van der Waals surface area contributed by atoms with Crippen LogP contribution in [0.3, 0.4) is 0 Å².